The maximum absolute atomic E-state index is 13.2. The number of amides is 2. The number of benzene rings is 2. The van der Waals surface area contributed by atoms with Crippen molar-refractivity contribution in [2.45, 2.75) is 13.2 Å². The van der Waals surface area contributed by atoms with Crippen molar-refractivity contribution in [3.63, 3.8) is 0 Å². The number of aliphatic hydroxyl groups is 1. The first kappa shape index (κ1) is 15.8. The number of aliphatic hydroxyl groups excluding tert-OH is 1. The van der Waals surface area contributed by atoms with E-state index in [9.17, 15) is 14.3 Å². The van der Waals surface area contributed by atoms with Gasteiger partial charge in [-0.05, 0) is 23.3 Å². The predicted molar refractivity (Wildman–Crippen MR) is 81.2 cm³/mol. The fourth-order valence-electron chi connectivity index (χ4n) is 2.00. The molecule has 6 heteroatoms. The van der Waals surface area contributed by atoms with E-state index >= 15 is 0 Å². The summed E-state index contributed by atoms with van der Waals surface area (Å²) in [6.07, 6.45) is 0. The molecule has 0 unspecified atom stereocenters. The normalized spacial score (nSPS) is 10.1. The molecule has 2 aromatic carbocycles. The lowest BCUT2D eigenvalue weighted by atomic mass is 10.1. The number of anilines is 1. The lowest BCUT2D eigenvalue weighted by Crippen LogP contribution is -2.28. The Bertz CT molecular complexity index is 662. The van der Waals surface area contributed by atoms with Crippen LogP contribution in [-0.4, -0.2) is 18.2 Å². The molecule has 0 atom stereocenters. The van der Waals surface area contributed by atoms with Crippen molar-refractivity contribution in [1.29, 1.82) is 0 Å². The van der Waals surface area contributed by atoms with Crippen LogP contribution in [0, 0.1) is 5.82 Å². The van der Waals surface area contributed by atoms with E-state index in [1.165, 1.54) is 25.3 Å². The molecule has 2 rings (SSSR count). The Morgan fingerprint density at radius 3 is 2.64 bits per heavy atom. The second-order valence-electron chi connectivity index (χ2n) is 4.58. The zero-order valence-corrected chi connectivity index (χ0v) is 12.1. The van der Waals surface area contributed by atoms with E-state index in [1.807, 2.05) is 18.2 Å². The largest absolute Gasteiger partial charge is 0.495 e. The van der Waals surface area contributed by atoms with Gasteiger partial charge < -0.3 is 20.5 Å². The Balaban J connectivity index is 2.00. The number of halogens is 1. The molecule has 0 aromatic heterocycles. The van der Waals surface area contributed by atoms with E-state index in [0.29, 0.717) is 5.75 Å². The summed E-state index contributed by atoms with van der Waals surface area (Å²) in [6, 6.07) is 10.6. The van der Waals surface area contributed by atoms with Crippen LogP contribution >= 0.6 is 0 Å². The predicted octanol–water partition coefficient (Wildman–Crippen LogP) is 2.65. The van der Waals surface area contributed by atoms with E-state index in [4.69, 9.17) is 4.74 Å². The highest BCUT2D eigenvalue weighted by molar-refractivity contribution is 5.90. The highest BCUT2D eigenvalue weighted by Crippen LogP contribution is 2.24. The molecular formula is C16H17FN2O3. The Hall–Kier alpha value is -2.60. The van der Waals surface area contributed by atoms with E-state index < -0.39 is 11.8 Å². The summed E-state index contributed by atoms with van der Waals surface area (Å²) in [7, 11) is 1.44. The van der Waals surface area contributed by atoms with E-state index in [1.54, 1.807) is 6.07 Å². The van der Waals surface area contributed by atoms with Crippen LogP contribution in [0.4, 0.5) is 14.9 Å². The van der Waals surface area contributed by atoms with E-state index in [-0.39, 0.29) is 18.8 Å². The number of hydrogen-bond acceptors (Lipinski definition) is 3. The molecule has 0 aliphatic heterocycles. The topological polar surface area (TPSA) is 70.6 Å². The molecule has 116 valence electrons. The minimum Gasteiger partial charge on any atom is -0.495 e. The molecule has 0 aliphatic rings. The summed E-state index contributed by atoms with van der Waals surface area (Å²) in [5.41, 5.74) is 1.80. The van der Waals surface area contributed by atoms with Crippen LogP contribution in [0.15, 0.2) is 42.5 Å². The van der Waals surface area contributed by atoms with Crippen LogP contribution in [0.5, 0.6) is 5.75 Å². The molecule has 0 radical (unpaired) electrons. The third kappa shape index (κ3) is 3.95. The molecule has 22 heavy (non-hydrogen) atoms. The Morgan fingerprint density at radius 2 is 1.95 bits per heavy atom. The first-order valence-corrected chi connectivity index (χ1v) is 6.70. The smallest absolute Gasteiger partial charge is 0.319 e. The van der Waals surface area contributed by atoms with Crippen LogP contribution in [-0.2, 0) is 13.2 Å². The number of methoxy groups -OCH3 is 1. The molecule has 0 fully saturated rings. The van der Waals surface area contributed by atoms with Gasteiger partial charge in [0.1, 0.15) is 11.6 Å². The molecule has 0 saturated carbocycles. The molecular weight excluding hydrogens is 287 g/mol. The van der Waals surface area contributed by atoms with Crippen LogP contribution in [0.1, 0.15) is 11.1 Å². The maximum Gasteiger partial charge on any atom is 0.319 e. The van der Waals surface area contributed by atoms with Crippen LogP contribution in [0.2, 0.25) is 0 Å². The number of carbonyl (C=O) groups is 1. The minimum absolute atomic E-state index is 0.100. The van der Waals surface area contributed by atoms with Gasteiger partial charge in [0.2, 0.25) is 0 Å². The molecule has 2 aromatic rings. The number of carbonyl (C=O) groups excluding carboxylic acids is 1. The van der Waals surface area contributed by atoms with Gasteiger partial charge in [-0.2, -0.15) is 0 Å². The quantitative estimate of drug-likeness (QED) is 0.795. The van der Waals surface area contributed by atoms with Crippen molar-refractivity contribution in [2.24, 2.45) is 0 Å². The van der Waals surface area contributed by atoms with Crippen molar-refractivity contribution in [2.75, 3.05) is 12.4 Å². The summed E-state index contributed by atoms with van der Waals surface area (Å²) < 4.78 is 18.3. The Kier molecular flexibility index (Phi) is 5.32. The van der Waals surface area contributed by atoms with Gasteiger partial charge in [-0.1, -0.05) is 24.3 Å². The molecule has 0 aliphatic carbocycles. The van der Waals surface area contributed by atoms with Crippen molar-refractivity contribution in [3.05, 3.63) is 59.4 Å². The molecule has 0 bridgehead atoms. The first-order chi connectivity index (χ1) is 10.6. The third-order valence-electron chi connectivity index (χ3n) is 3.14. The standard InChI is InChI=1S/C16H17FN2O3/c1-22-15-7-6-13(17)8-14(15)19-16(21)18-9-11-4-2-3-5-12(11)10-20/h2-8,20H,9-10H2,1H3,(H2,18,19,21). The fourth-order valence-corrected chi connectivity index (χ4v) is 2.00. The van der Waals surface area contributed by atoms with Crippen LogP contribution in [0.3, 0.4) is 0 Å². The minimum atomic E-state index is -0.489. The number of urea groups is 1. The average Bonchev–Trinajstić information content (AvgIpc) is 2.53. The SMILES string of the molecule is COc1ccc(F)cc1NC(=O)NCc1ccccc1CO. The molecule has 0 heterocycles. The number of nitrogens with one attached hydrogen (secondary N) is 2. The second-order valence-corrected chi connectivity index (χ2v) is 4.58. The first-order valence-electron chi connectivity index (χ1n) is 6.70. The van der Waals surface area contributed by atoms with Crippen molar-refractivity contribution >= 4 is 11.7 Å². The third-order valence-corrected chi connectivity index (χ3v) is 3.14. The van der Waals surface area contributed by atoms with Crippen molar-refractivity contribution in [3.8, 4) is 5.75 Å². The average molecular weight is 304 g/mol. The summed E-state index contributed by atoms with van der Waals surface area (Å²) in [5, 5.41) is 14.4. The summed E-state index contributed by atoms with van der Waals surface area (Å²) in [5.74, 6) is -0.103. The maximum atomic E-state index is 13.2. The van der Waals surface area contributed by atoms with E-state index in [2.05, 4.69) is 10.6 Å². The van der Waals surface area contributed by atoms with Gasteiger partial charge in [0.05, 0.1) is 19.4 Å². The summed E-state index contributed by atoms with van der Waals surface area (Å²) >= 11 is 0. The summed E-state index contributed by atoms with van der Waals surface area (Å²) in [6.45, 7) is 0.150. The lowest BCUT2D eigenvalue weighted by molar-refractivity contribution is 0.251. The number of ether oxygens (including phenoxy) is 1. The zero-order chi connectivity index (χ0) is 15.9. The zero-order valence-electron chi connectivity index (χ0n) is 12.1. The molecule has 2 amide bonds. The van der Waals surface area contributed by atoms with Gasteiger partial charge in [-0.15, -0.1) is 0 Å². The molecule has 5 nitrogen and oxygen atoms in total. The monoisotopic (exact) mass is 304 g/mol. The molecule has 0 spiro atoms. The van der Waals surface area contributed by atoms with Crippen LogP contribution in [0.25, 0.3) is 0 Å². The van der Waals surface area contributed by atoms with Crippen LogP contribution < -0.4 is 15.4 Å². The molecule has 3 N–H and O–H groups in total. The van der Waals surface area contributed by atoms with E-state index in [0.717, 1.165) is 11.1 Å². The van der Waals surface area contributed by atoms with Gasteiger partial charge >= 0.3 is 6.03 Å². The number of hydrogen-bond donors (Lipinski definition) is 3. The molecule has 0 saturated heterocycles. The Morgan fingerprint density at radius 1 is 1.23 bits per heavy atom. The van der Waals surface area contributed by atoms with Gasteiger partial charge in [0.25, 0.3) is 0 Å². The summed E-state index contributed by atoms with van der Waals surface area (Å²) in [4.78, 5) is 11.9. The fraction of sp³-hybridized carbons (Fsp3) is 0.188. The van der Waals surface area contributed by atoms with Gasteiger partial charge in [-0.25, -0.2) is 9.18 Å². The highest BCUT2D eigenvalue weighted by Gasteiger charge is 2.09. The Labute approximate surface area is 127 Å². The van der Waals surface area contributed by atoms with Gasteiger partial charge in [-0.3, -0.25) is 0 Å². The van der Waals surface area contributed by atoms with Crippen molar-refractivity contribution < 1.29 is 19.0 Å². The van der Waals surface area contributed by atoms with Crippen molar-refractivity contribution in [1.82, 2.24) is 5.32 Å². The number of rotatable bonds is 5. The lowest BCUT2D eigenvalue weighted by Gasteiger charge is -2.12. The van der Waals surface area contributed by atoms with Gasteiger partial charge in [0, 0.05) is 12.6 Å². The second kappa shape index (κ2) is 7.42. The highest BCUT2D eigenvalue weighted by atomic mass is 19.1. The van der Waals surface area contributed by atoms with Gasteiger partial charge in [0.15, 0.2) is 0 Å².